The summed E-state index contributed by atoms with van der Waals surface area (Å²) in [4.78, 5) is 66.5. The van der Waals surface area contributed by atoms with E-state index in [1.54, 1.807) is 0 Å². The maximum Gasteiger partial charge on any atom is 0.351 e. The Hall–Kier alpha value is -5.78. The Kier molecular flexibility index (Phi) is 24.1. The molecule has 6 unspecified atom stereocenters. The zero-order chi connectivity index (χ0) is 54.6. The smallest absolute Gasteiger partial charge is 0.351 e. The van der Waals surface area contributed by atoms with Gasteiger partial charge in [0, 0.05) is 24.5 Å². The highest BCUT2D eigenvalue weighted by Gasteiger charge is 2.60. The molecule has 2 aliphatic heterocycles. The highest BCUT2D eigenvalue weighted by molar-refractivity contribution is 5.71. The summed E-state index contributed by atoms with van der Waals surface area (Å²) in [5, 5.41) is 37.8. The third kappa shape index (κ3) is 18.6. The molecule has 2 aliphatic rings. The van der Waals surface area contributed by atoms with Gasteiger partial charge in [-0.25, -0.2) is 30.1 Å². The number of hydrogen-bond acceptors (Lipinski definition) is 16. The molecule has 2 saturated heterocycles. The number of alkyl halides is 4. The predicted octanol–water partition coefficient (Wildman–Crippen LogP) is 8.15. The van der Waals surface area contributed by atoms with Gasteiger partial charge in [-0.05, 0) is 119 Å². The molecule has 0 amide bonds. The van der Waals surface area contributed by atoms with E-state index in [9.17, 15) is 57.2 Å². The first-order valence-electron chi connectivity index (χ1n) is 24.7. The van der Waals surface area contributed by atoms with Crippen molar-refractivity contribution in [2.75, 3.05) is 24.2 Å². The van der Waals surface area contributed by atoms with Crippen molar-refractivity contribution in [2.24, 2.45) is 0 Å². The summed E-state index contributed by atoms with van der Waals surface area (Å²) in [6.07, 6.45) is 13.4. The Bertz CT molecular complexity index is 2500. The van der Waals surface area contributed by atoms with Gasteiger partial charge in [-0.1, -0.05) is 69.9 Å². The Labute approximate surface area is 428 Å². The van der Waals surface area contributed by atoms with Crippen molar-refractivity contribution in [3.8, 4) is 0 Å². The van der Waals surface area contributed by atoms with Crippen LogP contribution in [-0.4, -0.2) is 101 Å². The molecule has 2 fully saturated rings. The number of unbranched alkanes of at least 4 members (excludes halogenated alkanes) is 1. The first kappa shape index (κ1) is 60.8. The Morgan fingerprint density at radius 2 is 0.851 bits per heavy atom. The van der Waals surface area contributed by atoms with Crippen molar-refractivity contribution in [3.63, 3.8) is 0 Å². The van der Waals surface area contributed by atoms with E-state index in [1.165, 1.54) is 22.3 Å². The highest BCUT2D eigenvalue weighted by Crippen LogP contribution is 2.43. The number of halogens is 4. The summed E-state index contributed by atoms with van der Waals surface area (Å²) in [7, 11) is 0. The Morgan fingerprint density at radius 3 is 1.14 bits per heavy atom. The summed E-state index contributed by atoms with van der Waals surface area (Å²) in [6.45, 7) is 10.7. The maximum atomic E-state index is 14.4. The largest absolute Gasteiger partial charge is 0.394 e. The standard InChI is InChI=1S/C52H72F4N6O12/c1-33(13-7-8-14-34(2)16-11-21-37(5)23-25-43(65)73-59-41-27-29-61(49(69)57-41)47-51(53,54)45(67)39(31-63)71-47)15-9-17-35(3)18-10-19-36(4)20-12-22-38(6)24-26-44(66)74-60-42-28-30-62(50(70)58-42)48-52(55,56)46(68)40(32-64)72-48/h13-14,17,19,21-22,27-30,39-40,45-48,63-64,67-68H,7-12,15-16,18,20,23-26,31-32H2,1-6H3,(H,57,59,69)(H,58,60,70). The lowest BCUT2D eigenvalue weighted by atomic mass is 10.0. The SMILES string of the molecule is CC(=CCCC=C(C)CCC=C(C)CCC(=O)ONc1ccn(C2OC(CO)C(O)C2(F)F)c(=O)n1)CCC=C(C)CCC=C(C)CCC=C(C)CCC(=O)ONc1ccn(C2OC(CO)C(O)C2(F)F)c(=O)n1. The summed E-state index contributed by atoms with van der Waals surface area (Å²) >= 11 is 0. The maximum absolute atomic E-state index is 14.4. The van der Waals surface area contributed by atoms with Crippen LogP contribution in [0.25, 0.3) is 0 Å². The van der Waals surface area contributed by atoms with Crippen molar-refractivity contribution in [1.82, 2.24) is 19.1 Å². The normalized spacial score (nSPS) is 22.5. The van der Waals surface area contributed by atoms with Gasteiger partial charge in [0.1, 0.15) is 12.2 Å². The second kappa shape index (κ2) is 29.3. The molecular weight excluding hydrogens is 977 g/mol. The van der Waals surface area contributed by atoms with Crippen LogP contribution < -0.4 is 22.3 Å². The van der Waals surface area contributed by atoms with Gasteiger partial charge in [0.2, 0.25) is 12.5 Å². The van der Waals surface area contributed by atoms with E-state index < -0.39 is 85.2 Å². The zero-order valence-electron chi connectivity index (χ0n) is 42.9. The third-order valence-corrected chi connectivity index (χ3v) is 12.5. The van der Waals surface area contributed by atoms with Crippen molar-refractivity contribution >= 4 is 23.6 Å². The van der Waals surface area contributed by atoms with E-state index in [0.29, 0.717) is 22.0 Å². The van der Waals surface area contributed by atoms with Gasteiger partial charge in [0.15, 0.2) is 23.8 Å². The number of nitrogens with zero attached hydrogens (tertiary/aromatic N) is 4. The monoisotopic (exact) mass is 1050 g/mol. The number of carbonyl (C=O) groups excluding carboxylic acids is 2. The van der Waals surface area contributed by atoms with Crippen LogP contribution in [0.3, 0.4) is 0 Å². The highest BCUT2D eigenvalue weighted by atomic mass is 19.3. The fourth-order valence-electron chi connectivity index (χ4n) is 7.91. The topological polar surface area (TPSA) is 246 Å². The lowest BCUT2D eigenvalue weighted by Crippen LogP contribution is -2.41. The summed E-state index contributed by atoms with van der Waals surface area (Å²) in [6, 6.07) is 2.27. The molecule has 0 spiro atoms. The molecule has 6 atom stereocenters. The lowest BCUT2D eigenvalue weighted by molar-refractivity contribution is -0.141. The van der Waals surface area contributed by atoms with E-state index in [4.69, 9.17) is 19.1 Å². The minimum Gasteiger partial charge on any atom is -0.394 e. The second-order valence-electron chi connectivity index (χ2n) is 18.9. The lowest BCUT2D eigenvalue weighted by Gasteiger charge is -2.21. The number of aliphatic hydroxyl groups excluding tert-OH is 4. The number of allylic oxidation sites excluding steroid dienone is 12. The van der Waals surface area contributed by atoms with Crippen LogP contribution in [0.15, 0.2) is 104 Å². The van der Waals surface area contributed by atoms with Crippen molar-refractivity contribution in [2.45, 2.75) is 180 Å². The van der Waals surface area contributed by atoms with Crippen molar-refractivity contribution in [1.29, 1.82) is 0 Å². The molecule has 0 radical (unpaired) electrons. The predicted molar refractivity (Wildman–Crippen MR) is 268 cm³/mol. The number of carbonyl (C=O) groups is 2. The molecular formula is C52H72F4N6O12. The number of hydrogen-bond donors (Lipinski definition) is 6. The third-order valence-electron chi connectivity index (χ3n) is 12.5. The molecule has 2 aromatic heterocycles. The van der Waals surface area contributed by atoms with Crippen LogP contribution in [0.5, 0.6) is 0 Å². The van der Waals surface area contributed by atoms with Crippen LogP contribution in [0, 0.1) is 0 Å². The van der Waals surface area contributed by atoms with Crippen LogP contribution >= 0.6 is 0 Å². The second-order valence-corrected chi connectivity index (χ2v) is 18.9. The van der Waals surface area contributed by atoms with Gasteiger partial charge < -0.3 is 39.6 Å². The molecule has 18 nitrogen and oxygen atoms in total. The van der Waals surface area contributed by atoms with Gasteiger partial charge >= 0.3 is 35.2 Å². The fourth-order valence-corrected chi connectivity index (χ4v) is 7.91. The van der Waals surface area contributed by atoms with E-state index in [2.05, 4.69) is 85.1 Å². The van der Waals surface area contributed by atoms with Gasteiger partial charge in [-0.2, -0.15) is 27.5 Å². The first-order chi connectivity index (χ1) is 35.1. The van der Waals surface area contributed by atoms with Gasteiger partial charge in [-0.15, -0.1) is 0 Å². The molecule has 4 heterocycles. The van der Waals surface area contributed by atoms with Crippen LogP contribution in [0.2, 0.25) is 0 Å². The fraction of sp³-hybridized carbons (Fsp3) is 0.577. The molecule has 0 aliphatic carbocycles. The summed E-state index contributed by atoms with van der Waals surface area (Å²) in [5.41, 5.74) is 9.55. The van der Waals surface area contributed by atoms with Gasteiger partial charge in [-0.3, -0.25) is 9.13 Å². The number of anilines is 2. The first-order valence-corrected chi connectivity index (χ1v) is 24.7. The minimum atomic E-state index is -3.85. The molecule has 0 aromatic carbocycles. The number of ether oxygens (including phenoxy) is 2. The van der Waals surface area contributed by atoms with Crippen molar-refractivity contribution in [3.05, 3.63) is 115 Å². The Morgan fingerprint density at radius 1 is 0.554 bits per heavy atom. The van der Waals surface area contributed by atoms with E-state index in [1.807, 2.05) is 13.8 Å². The minimum absolute atomic E-state index is 0.0601. The average Bonchev–Trinajstić information content (AvgIpc) is 3.73. The van der Waals surface area contributed by atoms with Crippen LogP contribution in [0.1, 0.15) is 144 Å². The zero-order valence-corrected chi connectivity index (χ0v) is 42.9. The van der Waals surface area contributed by atoms with Crippen molar-refractivity contribution < 1.29 is 66.7 Å². The van der Waals surface area contributed by atoms with E-state index in [0.717, 1.165) is 99.9 Å². The number of nitrogens with one attached hydrogen (secondary N) is 2. The quantitative estimate of drug-likeness (QED) is 0.0195. The van der Waals surface area contributed by atoms with Crippen LogP contribution in [-0.2, 0) is 28.7 Å². The number of aliphatic hydroxyl groups is 4. The van der Waals surface area contributed by atoms with E-state index >= 15 is 0 Å². The number of rotatable bonds is 29. The molecule has 0 bridgehead atoms. The van der Waals surface area contributed by atoms with E-state index in [-0.39, 0.29) is 24.5 Å². The van der Waals surface area contributed by atoms with Gasteiger partial charge in [0.05, 0.1) is 26.1 Å². The van der Waals surface area contributed by atoms with Crippen LogP contribution in [0.4, 0.5) is 29.2 Å². The molecule has 4 rings (SSSR count). The molecule has 0 saturated carbocycles. The van der Waals surface area contributed by atoms with Gasteiger partial charge in [0.25, 0.3) is 0 Å². The Balaban J connectivity index is 1.02. The number of aromatic nitrogens is 4. The molecule has 6 N–H and O–H groups in total. The molecule has 2 aromatic rings. The summed E-state index contributed by atoms with van der Waals surface area (Å²) < 4.78 is 68.6. The average molecular weight is 1050 g/mol. The summed E-state index contributed by atoms with van der Waals surface area (Å²) in [5.74, 6) is -9.28. The molecule has 22 heteroatoms. The molecule has 410 valence electrons. The molecule has 74 heavy (non-hydrogen) atoms.